The zero-order valence-corrected chi connectivity index (χ0v) is 16.2. The van der Waals surface area contributed by atoms with Gasteiger partial charge in [0.2, 0.25) is 5.91 Å². The Morgan fingerprint density at radius 2 is 1.83 bits per heavy atom. The molecule has 154 valence electrons. The molecule has 0 atom stereocenters. The number of carbonyl (C=O) groups excluding carboxylic acids is 1. The molecule has 30 heavy (non-hydrogen) atoms. The van der Waals surface area contributed by atoms with Gasteiger partial charge in [-0.25, -0.2) is 4.68 Å². The number of ether oxygens (including phenoxy) is 2. The van der Waals surface area contributed by atoms with Crippen LogP contribution in [-0.4, -0.2) is 34.8 Å². The number of amides is 1. The topological polar surface area (TPSA) is 126 Å². The first kappa shape index (κ1) is 20.5. The number of nitro benzene ring substituents is 1. The lowest BCUT2D eigenvalue weighted by Crippen LogP contribution is -2.29. The average Bonchev–Trinajstić information content (AvgIpc) is 2.75. The maximum Gasteiger partial charge on any atom is 0.269 e. The van der Waals surface area contributed by atoms with E-state index in [0.29, 0.717) is 28.4 Å². The number of hydrogen-bond acceptors (Lipinski definition) is 7. The highest BCUT2D eigenvalue weighted by atomic mass is 16.6. The number of aromatic nitrogens is 2. The highest BCUT2D eigenvalue weighted by Gasteiger charge is 2.13. The lowest BCUT2D eigenvalue weighted by Gasteiger charge is -2.12. The lowest BCUT2D eigenvalue weighted by atomic mass is 10.1. The van der Waals surface area contributed by atoms with Crippen LogP contribution < -0.4 is 20.3 Å². The zero-order chi connectivity index (χ0) is 21.7. The van der Waals surface area contributed by atoms with Gasteiger partial charge in [0, 0.05) is 29.8 Å². The van der Waals surface area contributed by atoms with E-state index in [2.05, 4.69) is 10.4 Å². The number of nitrogens with one attached hydrogen (secondary N) is 1. The van der Waals surface area contributed by atoms with Crippen LogP contribution in [-0.2, 0) is 11.3 Å². The molecule has 0 fully saturated rings. The predicted octanol–water partition coefficient (Wildman–Crippen LogP) is 2.47. The Hall–Kier alpha value is -4.21. The summed E-state index contributed by atoms with van der Waals surface area (Å²) in [4.78, 5) is 34.9. The van der Waals surface area contributed by atoms with Crippen molar-refractivity contribution in [1.82, 2.24) is 9.78 Å². The van der Waals surface area contributed by atoms with Crippen molar-refractivity contribution in [1.29, 1.82) is 0 Å². The van der Waals surface area contributed by atoms with Crippen molar-refractivity contribution in [2.45, 2.75) is 6.54 Å². The van der Waals surface area contributed by atoms with Gasteiger partial charge >= 0.3 is 0 Å². The maximum absolute atomic E-state index is 12.5. The zero-order valence-electron chi connectivity index (χ0n) is 16.2. The van der Waals surface area contributed by atoms with Gasteiger partial charge in [-0.3, -0.25) is 19.7 Å². The van der Waals surface area contributed by atoms with Crippen LogP contribution in [0.15, 0.2) is 59.4 Å². The number of nitro groups is 1. The molecule has 0 saturated heterocycles. The highest BCUT2D eigenvalue weighted by Crippen LogP contribution is 2.28. The molecule has 3 rings (SSSR count). The second-order valence-electron chi connectivity index (χ2n) is 6.13. The van der Waals surface area contributed by atoms with E-state index in [1.165, 1.54) is 50.6 Å². The molecule has 0 bridgehead atoms. The molecular formula is C20H18N4O6. The van der Waals surface area contributed by atoms with Gasteiger partial charge in [0.05, 0.1) is 30.5 Å². The molecule has 0 unspecified atom stereocenters. The molecule has 1 amide bonds. The Kier molecular flexibility index (Phi) is 6.06. The monoisotopic (exact) mass is 410 g/mol. The average molecular weight is 410 g/mol. The molecule has 0 spiro atoms. The van der Waals surface area contributed by atoms with E-state index in [0.717, 1.165) is 4.68 Å². The summed E-state index contributed by atoms with van der Waals surface area (Å²) in [6.07, 6.45) is 0. The number of anilines is 1. The van der Waals surface area contributed by atoms with Crippen molar-refractivity contribution < 1.29 is 19.2 Å². The summed E-state index contributed by atoms with van der Waals surface area (Å²) in [6, 6.07) is 13.4. The normalized spacial score (nSPS) is 10.3. The number of methoxy groups -OCH3 is 2. The van der Waals surface area contributed by atoms with Crippen LogP contribution in [0.2, 0.25) is 0 Å². The van der Waals surface area contributed by atoms with Gasteiger partial charge in [-0.1, -0.05) is 0 Å². The van der Waals surface area contributed by atoms with Crippen LogP contribution in [0.25, 0.3) is 11.3 Å². The van der Waals surface area contributed by atoms with Gasteiger partial charge in [0.1, 0.15) is 18.0 Å². The van der Waals surface area contributed by atoms with Gasteiger partial charge in [-0.2, -0.15) is 5.10 Å². The Balaban J connectivity index is 1.81. The molecular weight excluding hydrogens is 392 g/mol. The van der Waals surface area contributed by atoms with Gasteiger partial charge in [-0.15, -0.1) is 0 Å². The third kappa shape index (κ3) is 4.61. The largest absolute Gasteiger partial charge is 0.497 e. The fourth-order valence-corrected chi connectivity index (χ4v) is 2.71. The van der Waals surface area contributed by atoms with Gasteiger partial charge in [0.25, 0.3) is 11.2 Å². The van der Waals surface area contributed by atoms with Gasteiger partial charge in [0.15, 0.2) is 0 Å². The van der Waals surface area contributed by atoms with Gasteiger partial charge < -0.3 is 14.8 Å². The molecule has 1 heterocycles. The lowest BCUT2D eigenvalue weighted by molar-refractivity contribution is -0.384. The molecule has 0 radical (unpaired) electrons. The molecule has 0 aliphatic carbocycles. The summed E-state index contributed by atoms with van der Waals surface area (Å²) in [7, 11) is 2.97. The van der Waals surface area contributed by atoms with E-state index in [9.17, 15) is 19.7 Å². The molecule has 10 nitrogen and oxygen atoms in total. The molecule has 3 aromatic rings. The number of rotatable bonds is 7. The Morgan fingerprint density at radius 1 is 1.10 bits per heavy atom. The third-order valence-electron chi connectivity index (χ3n) is 4.21. The molecule has 0 aliphatic rings. The van der Waals surface area contributed by atoms with Crippen LogP contribution >= 0.6 is 0 Å². The van der Waals surface area contributed by atoms with Gasteiger partial charge in [-0.05, 0) is 30.3 Å². The first-order valence-electron chi connectivity index (χ1n) is 8.76. The summed E-state index contributed by atoms with van der Waals surface area (Å²) in [6.45, 7) is -0.333. The molecule has 1 N–H and O–H groups in total. The van der Waals surface area contributed by atoms with E-state index in [-0.39, 0.29) is 12.2 Å². The summed E-state index contributed by atoms with van der Waals surface area (Å²) in [5, 5.41) is 17.7. The van der Waals surface area contributed by atoms with E-state index >= 15 is 0 Å². The Labute approximate surface area is 170 Å². The van der Waals surface area contributed by atoms with Crippen LogP contribution in [0.1, 0.15) is 0 Å². The fraction of sp³-hybridized carbons (Fsp3) is 0.150. The summed E-state index contributed by atoms with van der Waals surface area (Å²) in [5.41, 5.74) is 0.842. The first-order chi connectivity index (χ1) is 14.4. The minimum Gasteiger partial charge on any atom is -0.497 e. The molecule has 1 aromatic heterocycles. The molecule has 2 aromatic carbocycles. The Morgan fingerprint density at radius 3 is 2.47 bits per heavy atom. The Bertz CT molecular complexity index is 1140. The minimum absolute atomic E-state index is 0.0568. The maximum atomic E-state index is 12.5. The first-order valence-corrected chi connectivity index (χ1v) is 8.76. The quantitative estimate of drug-likeness (QED) is 0.468. The van der Waals surface area contributed by atoms with Crippen LogP contribution in [0.4, 0.5) is 11.4 Å². The van der Waals surface area contributed by atoms with Crippen LogP contribution in [0.3, 0.4) is 0 Å². The smallest absolute Gasteiger partial charge is 0.269 e. The van der Waals surface area contributed by atoms with E-state index in [1.54, 1.807) is 18.2 Å². The number of nitrogens with zero attached hydrogens (tertiary/aromatic N) is 3. The number of non-ortho nitro benzene ring substituents is 1. The van der Waals surface area contributed by atoms with Crippen molar-refractivity contribution in [2.75, 3.05) is 19.5 Å². The van der Waals surface area contributed by atoms with E-state index in [1.807, 2.05) is 0 Å². The van der Waals surface area contributed by atoms with Crippen molar-refractivity contribution in [3.8, 4) is 22.8 Å². The number of carbonyl (C=O) groups is 1. The number of hydrogen-bond donors (Lipinski definition) is 1. The fourth-order valence-electron chi connectivity index (χ4n) is 2.71. The SMILES string of the molecule is COc1ccc(OC)c(NC(=O)Cn2nc(-c3ccc([N+](=O)[O-])cc3)ccc2=O)c1. The van der Waals surface area contributed by atoms with Crippen molar-refractivity contribution >= 4 is 17.3 Å². The second-order valence-corrected chi connectivity index (χ2v) is 6.13. The third-order valence-corrected chi connectivity index (χ3v) is 4.21. The van der Waals surface area contributed by atoms with Crippen LogP contribution in [0.5, 0.6) is 11.5 Å². The molecule has 0 aliphatic heterocycles. The second kappa shape index (κ2) is 8.86. The number of benzene rings is 2. The predicted molar refractivity (Wildman–Crippen MR) is 109 cm³/mol. The van der Waals surface area contributed by atoms with Crippen molar-refractivity contribution in [2.24, 2.45) is 0 Å². The minimum atomic E-state index is -0.505. The molecule has 0 saturated carbocycles. The summed E-state index contributed by atoms with van der Waals surface area (Å²) in [5.74, 6) is 0.475. The van der Waals surface area contributed by atoms with Crippen molar-refractivity contribution in [3.63, 3.8) is 0 Å². The van der Waals surface area contributed by atoms with Crippen molar-refractivity contribution in [3.05, 3.63) is 75.1 Å². The summed E-state index contributed by atoms with van der Waals surface area (Å²) >= 11 is 0. The standard InChI is InChI=1S/C20H18N4O6/c1-29-15-7-9-18(30-2)17(11-15)21-19(25)12-23-20(26)10-8-16(22-23)13-3-5-14(6-4-13)24(27)28/h3-11H,12H2,1-2H3,(H,21,25). The van der Waals surface area contributed by atoms with Crippen LogP contribution in [0, 0.1) is 10.1 Å². The highest BCUT2D eigenvalue weighted by molar-refractivity contribution is 5.92. The summed E-state index contributed by atoms with van der Waals surface area (Å²) < 4.78 is 11.4. The van der Waals surface area contributed by atoms with E-state index in [4.69, 9.17) is 9.47 Å². The van der Waals surface area contributed by atoms with E-state index < -0.39 is 16.4 Å². The molecule has 10 heteroatoms.